The minimum absolute atomic E-state index is 0.0990. The summed E-state index contributed by atoms with van der Waals surface area (Å²) in [6, 6.07) is 0.942. The monoisotopic (exact) mass is 258 g/mol. The molecule has 0 atom stereocenters. The van der Waals surface area contributed by atoms with Gasteiger partial charge in [-0.05, 0) is 22.0 Å². The molecule has 0 aliphatic heterocycles. The maximum atomic E-state index is 13.3. The average Bonchev–Trinajstić information content (AvgIpc) is 2.48. The predicted molar refractivity (Wildman–Crippen MR) is 49.8 cm³/mol. The van der Waals surface area contributed by atoms with Crippen LogP contribution in [-0.2, 0) is 0 Å². The SMILES string of the molecule is O=C(O)c1cc(F)c2ncc(Br)n2c1. The molecule has 6 heteroatoms. The van der Waals surface area contributed by atoms with Crippen LogP contribution in [-0.4, -0.2) is 20.5 Å². The van der Waals surface area contributed by atoms with E-state index in [-0.39, 0.29) is 11.2 Å². The first-order valence-corrected chi connectivity index (χ1v) is 4.44. The Bertz CT molecular complexity index is 523. The Labute approximate surface area is 86.1 Å². The van der Waals surface area contributed by atoms with Crippen LogP contribution >= 0.6 is 15.9 Å². The van der Waals surface area contributed by atoms with Gasteiger partial charge < -0.3 is 5.11 Å². The van der Waals surface area contributed by atoms with Gasteiger partial charge in [0.15, 0.2) is 11.5 Å². The van der Waals surface area contributed by atoms with Crippen molar-refractivity contribution in [1.82, 2.24) is 9.38 Å². The summed E-state index contributed by atoms with van der Waals surface area (Å²) < 4.78 is 15.1. The second-order valence-electron chi connectivity index (χ2n) is 2.66. The number of halogens is 2. The molecule has 2 rings (SSSR count). The molecule has 0 spiro atoms. The van der Waals surface area contributed by atoms with Crippen LogP contribution in [0.3, 0.4) is 0 Å². The van der Waals surface area contributed by atoms with E-state index < -0.39 is 11.8 Å². The fraction of sp³-hybridized carbons (Fsp3) is 0. The quantitative estimate of drug-likeness (QED) is 0.851. The lowest BCUT2D eigenvalue weighted by atomic mass is 10.3. The van der Waals surface area contributed by atoms with E-state index in [1.807, 2.05) is 0 Å². The summed E-state index contributed by atoms with van der Waals surface area (Å²) in [5, 5.41) is 8.68. The van der Waals surface area contributed by atoms with Crippen LogP contribution in [0.5, 0.6) is 0 Å². The summed E-state index contributed by atoms with van der Waals surface area (Å²) in [6.45, 7) is 0. The van der Waals surface area contributed by atoms with Gasteiger partial charge in [0.25, 0.3) is 0 Å². The van der Waals surface area contributed by atoms with Gasteiger partial charge in [-0.3, -0.25) is 4.40 Å². The van der Waals surface area contributed by atoms with E-state index >= 15 is 0 Å². The lowest BCUT2D eigenvalue weighted by molar-refractivity contribution is 0.0695. The van der Waals surface area contributed by atoms with Gasteiger partial charge in [-0.2, -0.15) is 0 Å². The van der Waals surface area contributed by atoms with Crippen LogP contribution in [0.2, 0.25) is 0 Å². The number of fused-ring (bicyclic) bond motifs is 1. The van der Waals surface area contributed by atoms with E-state index in [0.29, 0.717) is 4.60 Å². The Morgan fingerprint density at radius 3 is 3.00 bits per heavy atom. The van der Waals surface area contributed by atoms with Crippen molar-refractivity contribution in [2.75, 3.05) is 0 Å². The Morgan fingerprint density at radius 2 is 2.36 bits per heavy atom. The van der Waals surface area contributed by atoms with E-state index in [9.17, 15) is 9.18 Å². The molecule has 72 valence electrons. The lowest BCUT2D eigenvalue weighted by Gasteiger charge is -1.99. The molecular weight excluding hydrogens is 255 g/mol. The number of rotatable bonds is 1. The highest BCUT2D eigenvalue weighted by atomic mass is 79.9. The summed E-state index contributed by atoms with van der Waals surface area (Å²) in [7, 11) is 0. The number of aromatic nitrogens is 2. The van der Waals surface area contributed by atoms with Crippen LogP contribution in [0.1, 0.15) is 10.4 Å². The Kier molecular flexibility index (Phi) is 1.99. The largest absolute Gasteiger partial charge is 0.478 e. The van der Waals surface area contributed by atoms with Gasteiger partial charge in [0.05, 0.1) is 11.8 Å². The fourth-order valence-electron chi connectivity index (χ4n) is 1.13. The number of hydrogen-bond acceptors (Lipinski definition) is 2. The van der Waals surface area contributed by atoms with Crippen molar-refractivity contribution < 1.29 is 14.3 Å². The number of carboxylic acid groups (broad SMARTS) is 1. The Hall–Kier alpha value is -1.43. The molecule has 0 amide bonds. The minimum atomic E-state index is -1.17. The molecule has 4 nitrogen and oxygen atoms in total. The lowest BCUT2D eigenvalue weighted by Crippen LogP contribution is -2.01. The molecule has 0 aromatic carbocycles. The predicted octanol–water partition coefficient (Wildman–Crippen LogP) is 1.93. The first kappa shape index (κ1) is 9.14. The number of imidazole rings is 1. The third-order valence-corrected chi connectivity index (χ3v) is 2.35. The zero-order valence-electron chi connectivity index (χ0n) is 6.74. The molecule has 0 fully saturated rings. The molecule has 2 aromatic heterocycles. The van der Waals surface area contributed by atoms with E-state index in [0.717, 1.165) is 6.07 Å². The van der Waals surface area contributed by atoms with Crippen LogP contribution in [0.15, 0.2) is 23.1 Å². The summed E-state index contributed by atoms with van der Waals surface area (Å²) >= 11 is 3.13. The van der Waals surface area contributed by atoms with Gasteiger partial charge in [0.1, 0.15) is 4.60 Å². The van der Waals surface area contributed by atoms with Crippen molar-refractivity contribution >= 4 is 27.5 Å². The third kappa shape index (κ3) is 1.27. The third-order valence-electron chi connectivity index (χ3n) is 1.76. The van der Waals surface area contributed by atoms with Crippen molar-refractivity contribution in [3.05, 3.63) is 34.4 Å². The molecule has 2 aromatic rings. The standard InChI is InChI=1S/C8H4BrFN2O2/c9-6-2-11-7-5(10)1-4(8(13)14)3-12(6)7/h1-3H,(H,13,14). The Balaban J connectivity index is 2.82. The highest BCUT2D eigenvalue weighted by Gasteiger charge is 2.11. The second-order valence-corrected chi connectivity index (χ2v) is 3.47. The number of hydrogen-bond donors (Lipinski definition) is 1. The van der Waals surface area contributed by atoms with Gasteiger partial charge in [-0.15, -0.1) is 0 Å². The first-order valence-electron chi connectivity index (χ1n) is 3.65. The van der Waals surface area contributed by atoms with Gasteiger partial charge in [0.2, 0.25) is 0 Å². The van der Waals surface area contributed by atoms with Crippen LogP contribution in [0, 0.1) is 5.82 Å². The summed E-state index contributed by atoms with van der Waals surface area (Å²) in [5.74, 6) is -1.83. The molecule has 0 aliphatic carbocycles. The normalized spacial score (nSPS) is 10.7. The van der Waals surface area contributed by atoms with E-state index in [1.165, 1.54) is 16.8 Å². The summed E-state index contributed by atoms with van der Waals surface area (Å²) in [6.07, 6.45) is 2.71. The van der Waals surface area contributed by atoms with E-state index in [4.69, 9.17) is 5.11 Å². The van der Waals surface area contributed by atoms with Crippen molar-refractivity contribution in [2.24, 2.45) is 0 Å². The minimum Gasteiger partial charge on any atom is -0.478 e. The number of pyridine rings is 1. The topological polar surface area (TPSA) is 54.6 Å². The zero-order chi connectivity index (χ0) is 10.3. The molecule has 0 unspecified atom stereocenters. The average molecular weight is 259 g/mol. The number of aromatic carboxylic acids is 1. The highest BCUT2D eigenvalue weighted by Crippen LogP contribution is 2.17. The van der Waals surface area contributed by atoms with Crippen molar-refractivity contribution in [3.63, 3.8) is 0 Å². The Morgan fingerprint density at radius 1 is 1.64 bits per heavy atom. The number of carboxylic acids is 1. The van der Waals surface area contributed by atoms with Gasteiger partial charge >= 0.3 is 5.97 Å². The first-order chi connectivity index (χ1) is 6.59. The molecule has 0 bridgehead atoms. The molecular formula is C8H4BrFN2O2. The molecule has 0 saturated heterocycles. The van der Waals surface area contributed by atoms with Crippen molar-refractivity contribution in [3.8, 4) is 0 Å². The van der Waals surface area contributed by atoms with Crippen molar-refractivity contribution in [2.45, 2.75) is 0 Å². The van der Waals surface area contributed by atoms with Crippen LogP contribution < -0.4 is 0 Å². The fourth-order valence-corrected chi connectivity index (χ4v) is 1.51. The van der Waals surface area contributed by atoms with Gasteiger partial charge in [-0.1, -0.05) is 0 Å². The summed E-state index contributed by atoms with van der Waals surface area (Å²) in [5.41, 5.74) is -0.0180. The maximum absolute atomic E-state index is 13.3. The highest BCUT2D eigenvalue weighted by molar-refractivity contribution is 9.10. The zero-order valence-corrected chi connectivity index (χ0v) is 8.32. The van der Waals surface area contributed by atoms with E-state index in [1.54, 1.807) is 0 Å². The number of nitrogens with zero attached hydrogens (tertiary/aromatic N) is 2. The molecule has 0 saturated carbocycles. The van der Waals surface area contributed by atoms with E-state index in [2.05, 4.69) is 20.9 Å². The second kappa shape index (κ2) is 3.06. The molecule has 0 aliphatic rings. The summed E-state index contributed by atoms with van der Waals surface area (Å²) in [4.78, 5) is 14.4. The maximum Gasteiger partial charge on any atom is 0.337 e. The molecule has 0 radical (unpaired) electrons. The van der Waals surface area contributed by atoms with Gasteiger partial charge in [-0.25, -0.2) is 14.2 Å². The number of carbonyl (C=O) groups is 1. The van der Waals surface area contributed by atoms with Crippen LogP contribution in [0.25, 0.3) is 5.65 Å². The molecule has 2 heterocycles. The molecule has 1 N–H and O–H groups in total. The van der Waals surface area contributed by atoms with Crippen molar-refractivity contribution in [1.29, 1.82) is 0 Å². The molecule has 14 heavy (non-hydrogen) atoms. The van der Waals surface area contributed by atoms with Crippen LogP contribution in [0.4, 0.5) is 4.39 Å². The van der Waals surface area contributed by atoms with Gasteiger partial charge in [0, 0.05) is 6.20 Å². The smallest absolute Gasteiger partial charge is 0.337 e.